The van der Waals surface area contributed by atoms with Gasteiger partial charge in [0.2, 0.25) is 0 Å². The summed E-state index contributed by atoms with van der Waals surface area (Å²) in [5.41, 5.74) is 0.400. The average molecular weight is 351 g/mol. The number of phenols is 2. The van der Waals surface area contributed by atoms with Crippen LogP contribution >= 0.6 is 11.6 Å². The Morgan fingerprint density at radius 2 is 2.04 bits per heavy atom. The number of fused-ring (bicyclic) bond motifs is 2. The summed E-state index contributed by atoms with van der Waals surface area (Å²) in [7, 11) is 0. The summed E-state index contributed by atoms with van der Waals surface area (Å²) in [6.45, 7) is 1.78. The lowest BCUT2D eigenvalue weighted by Crippen LogP contribution is -2.19. The lowest BCUT2D eigenvalue weighted by Gasteiger charge is -2.17. The number of hydrogen-bond acceptors (Lipinski definition) is 5. The maximum atomic E-state index is 12.5. The zero-order valence-electron chi connectivity index (χ0n) is 13.2. The van der Waals surface area contributed by atoms with Crippen molar-refractivity contribution in [1.29, 1.82) is 0 Å². The first kappa shape index (κ1) is 16.9. The largest absolute Gasteiger partial charge is 0.507 e. The van der Waals surface area contributed by atoms with Gasteiger partial charge in [-0.15, -0.1) is 0 Å². The van der Waals surface area contributed by atoms with Gasteiger partial charge in [0, 0.05) is 12.5 Å². The number of phenolic OH excluding ortho intramolecular Hbond substituents is 2. The molecule has 0 saturated carbocycles. The van der Waals surface area contributed by atoms with Crippen LogP contribution < -0.4 is 0 Å². The zero-order chi connectivity index (χ0) is 17.3. The van der Waals surface area contributed by atoms with E-state index in [-0.39, 0.29) is 40.4 Å². The summed E-state index contributed by atoms with van der Waals surface area (Å²) in [5, 5.41) is 20.0. The topological polar surface area (TPSA) is 79.3 Å². The van der Waals surface area contributed by atoms with E-state index >= 15 is 0 Å². The molecule has 3 atom stereocenters. The Hall–Kier alpha value is -1.98. The summed E-state index contributed by atoms with van der Waals surface area (Å²) < 4.78 is 10.9. The van der Waals surface area contributed by atoms with Crippen molar-refractivity contribution in [3.8, 4) is 11.5 Å². The van der Waals surface area contributed by atoms with Crippen molar-refractivity contribution in [3.05, 3.63) is 46.5 Å². The first-order valence-corrected chi connectivity index (χ1v) is 8.28. The van der Waals surface area contributed by atoms with Gasteiger partial charge in [0.1, 0.15) is 29.3 Å². The molecule has 2 N–H and O–H groups in total. The van der Waals surface area contributed by atoms with Gasteiger partial charge in [-0.3, -0.25) is 0 Å². The van der Waals surface area contributed by atoms with Crippen molar-refractivity contribution >= 4 is 17.6 Å². The van der Waals surface area contributed by atoms with Crippen LogP contribution in [0.4, 0.5) is 0 Å². The van der Waals surface area contributed by atoms with E-state index in [1.807, 2.05) is 24.3 Å². The third-order valence-corrected chi connectivity index (χ3v) is 4.55. The van der Waals surface area contributed by atoms with Gasteiger partial charge in [0.15, 0.2) is 0 Å². The van der Waals surface area contributed by atoms with Crippen molar-refractivity contribution in [3.63, 3.8) is 0 Å². The average Bonchev–Trinajstić information content (AvgIpc) is 3.24. The summed E-state index contributed by atoms with van der Waals surface area (Å²) in [4.78, 5) is 12.5. The van der Waals surface area contributed by atoms with E-state index in [4.69, 9.17) is 21.1 Å². The molecular formula is C18H19ClO5. The van der Waals surface area contributed by atoms with E-state index in [9.17, 15) is 15.0 Å². The van der Waals surface area contributed by atoms with E-state index in [1.54, 1.807) is 6.92 Å². The number of epoxide rings is 1. The van der Waals surface area contributed by atoms with Gasteiger partial charge in [0.05, 0.1) is 11.1 Å². The first-order chi connectivity index (χ1) is 11.5. The standard InChI is InChI=1S/C18H19ClO5/c1-10-8-15-14(24-15)7-5-3-2-4-6-11-16(18(22)23-10)12(20)9-13(21)17(11)19/h2-3,5,7,9-10,14-15,20-21H,4,6,8H2,1H3. The fraction of sp³-hybridized carbons (Fsp3) is 0.389. The molecule has 1 aromatic rings. The Morgan fingerprint density at radius 3 is 2.83 bits per heavy atom. The number of cyclic esters (lactones) is 1. The molecule has 2 aliphatic heterocycles. The summed E-state index contributed by atoms with van der Waals surface area (Å²) in [6, 6.07) is 1.06. The Balaban J connectivity index is 1.95. The molecule has 1 aromatic carbocycles. The van der Waals surface area contributed by atoms with E-state index in [2.05, 4.69) is 0 Å². The molecule has 2 aliphatic rings. The van der Waals surface area contributed by atoms with Gasteiger partial charge in [-0.25, -0.2) is 4.79 Å². The molecule has 0 spiro atoms. The predicted octanol–water partition coefficient (Wildman–Crippen LogP) is 3.51. The fourth-order valence-electron chi connectivity index (χ4n) is 2.85. The highest BCUT2D eigenvalue weighted by Gasteiger charge is 2.38. The third kappa shape index (κ3) is 3.57. The van der Waals surface area contributed by atoms with Crippen molar-refractivity contribution in [1.82, 2.24) is 0 Å². The minimum absolute atomic E-state index is 0.0129. The van der Waals surface area contributed by atoms with Crippen LogP contribution in [0.25, 0.3) is 0 Å². The van der Waals surface area contributed by atoms with E-state index in [1.165, 1.54) is 0 Å². The van der Waals surface area contributed by atoms with Gasteiger partial charge in [-0.2, -0.15) is 0 Å². The van der Waals surface area contributed by atoms with Crippen LogP contribution in [0, 0.1) is 0 Å². The first-order valence-electron chi connectivity index (χ1n) is 7.90. The van der Waals surface area contributed by atoms with Crippen LogP contribution in [-0.2, 0) is 15.9 Å². The molecule has 0 radical (unpaired) electrons. The normalized spacial score (nSPS) is 26.9. The number of carbonyl (C=O) groups is 1. The summed E-state index contributed by atoms with van der Waals surface area (Å²) in [5.74, 6) is -1.24. The maximum Gasteiger partial charge on any atom is 0.342 e. The van der Waals surface area contributed by atoms with Crippen LogP contribution in [0.15, 0.2) is 30.4 Å². The van der Waals surface area contributed by atoms with Gasteiger partial charge >= 0.3 is 5.97 Å². The zero-order valence-corrected chi connectivity index (χ0v) is 14.0. The van der Waals surface area contributed by atoms with Crippen molar-refractivity contribution < 1.29 is 24.5 Å². The minimum atomic E-state index is -0.648. The molecule has 1 saturated heterocycles. The molecule has 24 heavy (non-hydrogen) atoms. The second kappa shape index (κ2) is 6.87. The predicted molar refractivity (Wildman–Crippen MR) is 89.5 cm³/mol. The number of hydrogen-bond donors (Lipinski definition) is 2. The Kier molecular flexibility index (Phi) is 4.83. The van der Waals surface area contributed by atoms with Crippen LogP contribution in [-0.4, -0.2) is 34.5 Å². The number of rotatable bonds is 0. The van der Waals surface area contributed by atoms with Crippen LogP contribution in [0.2, 0.25) is 5.02 Å². The van der Waals surface area contributed by atoms with Crippen molar-refractivity contribution in [2.75, 3.05) is 0 Å². The summed E-state index contributed by atoms with van der Waals surface area (Å²) in [6.07, 6.45) is 9.03. The SMILES string of the molecule is CC1CC2OC2C=CC=CCCc2c(Cl)c(O)cc(O)c2C(=O)O1. The highest BCUT2D eigenvalue weighted by atomic mass is 35.5. The summed E-state index contributed by atoms with van der Waals surface area (Å²) >= 11 is 6.14. The number of aromatic hydroxyl groups is 2. The quantitative estimate of drug-likeness (QED) is 0.553. The monoisotopic (exact) mass is 350 g/mol. The molecule has 3 rings (SSSR count). The molecule has 1 fully saturated rings. The molecule has 128 valence electrons. The third-order valence-electron chi connectivity index (χ3n) is 4.13. The molecule has 2 heterocycles. The molecular weight excluding hydrogens is 332 g/mol. The molecule has 0 aliphatic carbocycles. The van der Waals surface area contributed by atoms with Crippen molar-refractivity contribution in [2.45, 2.75) is 44.5 Å². The van der Waals surface area contributed by atoms with Crippen molar-refractivity contribution in [2.24, 2.45) is 0 Å². The number of ether oxygens (including phenoxy) is 2. The lowest BCUT2D eigenvalue weighted by molar-refractivity contribution is 0.0305. The second-order valence-corrected chi connectivity index (χ2v) is 6.40. The van der Waals surface area contributed by atoms with Crippen LogP contribution in [0.1, 0.15) is 35.7 Å². The fourth-order valence-corrected chi connectivity index (χ4v) is 3.10. The Morgan fingerprint density at radius 1 is 1.25 bits per heavy atom. The highest BCUT2D eigenvalue weighted by Crippen LogP contribution is 2.38. The second-order valence-electron chi connectivity index (χ2n) is 6.02. The smallest absolute Gasteiger partial charge is 0.342 e. The van der Waals surface area contributed by atoms with Crippen LogP contribution in [0.5, 0.6) is 11.5 Å². The van der Waals surface area contributed by atoms with Gasteiger partial charge in [-0.1, -0.05) is 35.9 Å². The maximum absolute atomic E-state index is 12.5. The van der Waals surface area contributed by atoms with Crippen LogP contribution in [0.3, 0.4) is 0 Å². The lowest BCUT2D eigenvalue weighted by atomic mass is 10.0. The van der Waals surface area contributed by atoms with Gasteiger partial charge < -0.3 is 19.7 Å². The van der Waals surface area contributed by atoms with E-state index in [0.29, 0.717) is 24.8 Å². The molecule has 0 amide bonds. The Bertz CT molecular complexity index is 710. The number of benzene rings is 1. The minimum Gasteiger partial charge on any atom is -0.507 e. The van der Waals surface area contributed by atoms with E-state index < -0.39 is 5.97 Å². The van der Waals surface area contributed by atoms with Gasteiger partial charge in [0.25, 0.3) is 0 Å². The molecule has 3 unspecified atom stereocenters. The number of carbonyl (C=O) groups excluding carboxylic acids is 1. The Labute approximate surface area is 145 Å². The number of allylic oxidation sites excluding steroid dienone is 3. The molecule has 0 bridgehead atoms. The van der Waals surface area contributed by atoms with Gasteiger partial charge in [-0.05, 0) is 25.3 Å². The number of esters is 1. The molecule has 6 heteroatoms. The highest BCUT2D eigenvalue weighted by molar-refractivity contribution is 6.33. The number of halogens is 1. The molecule has 0 aromatic heterocycles. The molecule has 5 nitrogen and oxygen atoms in total. The van der Waals surface area contributed by atoms with E-state index in [0.717, 1.165) is 6.07 Å².